The topological polar surface area (TPSA) is 58.0 Å². The number of nitrogens with zero attached hydrogens (tertiary/aromatic N) is 2. The second-order valence-electron chi connectivity index (χ2n) is 2.26. The Labute approximate surface area is 79.2 Å². The number of anilines is 1. The highest BCUT2D eigenvalue weighted by atomic mass is 79.9. The standard InChI is InChI=1S/C7H10BrN3O/c1-5-10-4-6(8)7(11-5)9-2-3-12/h4,12H,2-3H2,1H3,(H,9,10,11). The summed E-state index contributed by atoms with van der Waals surface area (Å²) in [7, 11) is 0. The molecule has 0 unspecified atom stereocenters. The highest BCUT2D eigenvalue weighted by Gasteiger charge is 2.00. The zero-order chi connectivity index (χ0) is 8.97. The van der Waals surface area contributed by atoms with Crippen molar-refractivity contribution >= 4 is 21.7 Å². The molecule has 0 amide bonds. The maximum atomic E-state index is 8.57. The van der Waals surface area contributed by atoms with Gasteiger partial charge in [0.1, 0.15) is 11.6 Å². The number of aliphatic hydroxyl groups excluding tert-OH is 1. The molecule has 0 aliphatic carbocycles. The molecule has 0 aromatic carbocycles. The van der Waals surface area contributed by atoms with E-state index in [1.54, 1.807) is 6.20 Å². The Balaban J connectivity index is 2.75. The third-order valence-electron chi connectivity index (χ3n) is 1.27. The van der Waals surface area contributed by atoms with Crippen molar-refractivity contribution in [3.05, 3.63) is 16.5 Å². The van der Waals surface area contributed by atoms with Crippen LogP contribution >= 0.6 is 15.9 Å². The van der Waals surface area contributed by atoms with Gasteiger partial charge in [-0.25, -0.2) is 9.97 Å². The monoisotopic (exact) mass is 231 g/mol. The lowest BCUT2D eigenvalue weighted by molar-refractivity contribution is 0.311. The lowest BCUT2D eigenvalue weighted by atomic mass is 10.5. The van der Waals surface area contributed by atoms with E-state index in [0.717, 1.165) is 10.3 Å². The van der Waals surface area contributed by atoms with Crippen molar-refractivity contribution in [2.24, 2.45) is 0 Å². The molecule has 1 aromatic heterocycles. The van der Waals surface area contributed by atoms with Gasteiger partial charge in [0.15, 0.2) is 0 Å². The predicted molar refractivity (Wildman–Crippen MR) is 50.0 cm³/mol. The van der Waals surface area contributed by atoms with Crippen LogP contribution < -0.4 is 5.32 Å². The van der Waals surface area contributed by atoms with Crippen LogP contribution in [0.15, 0.2) is 10.7 Å². The Morgan fingerprint density at radius 3 is 3.08 bits per heavy atom. The van der Waals surface area contributed by atoms with Crippen molar-refractivity contribution in [3.8, 4) is 0 Å². The van der Waals surface area contributed by atoms with Crippen molar-refractivity contribution in [1.29, 1.82) is 0 Å². The molecule has 0 spiro atoms. The van der Waals surface area contributed by atoms with E-state index in [-0.39, 0.29) is 6.61 Å². The van der Waals surface area contributed by atoms with Crippen LogP contribution in [0.2, 0.25) is 0 Å². The van der Waals surface area contributed by atoms with Gasteiger partial charge in [-0.1, -0.05) is 0 Å². The van der Waals surface area contributed by atoms with Crippen LogP contribution in [0.25, 0.3) is 0 Å². The van der Waals surface area contributed by atoms with E-state index in [2.05, 4.69) is 31.2 Å². The number of hydrogen-bond donors (Lipinski definition) is 2. The molecule has 12 heavy (non-hydrogen) atoms. The Morgan fingerprint density at radius 1 is 1.67 bits per heavy atom. The normalized spacial score (nSPS) is 9.92. The molecule has 0 saturated heterocycles. The molecule has 0 radical (unpaired) electrons. The van der Waals surface area contributed by atoms with Crippen LogP contribution in [0.4, 0.5) is 5.82 Å². The third-order valence-corrected chi connectivity index (χ3v) is 1.85. The summed E-state index contributed by atoms with van der Waals surface area (Å²) in [6.07, 6.45) is 1.68. The van der Waals surface area contributed by atoms with Gasteiger partial charge in [-0.3, -0.25) is 0 Å². The predicted octanol–water partition coefficient (Wildman–Crippen LogP) is 0.952. The Kier molecular flexibility index (Phi) is 3.43. The SMILES string of the molecule is Cc1ncc(Br)c(NCCO)n1. The van der Waals surface area contributed by atoms with Gasteiger partial charge in [0, 0.05) is 12.7 Å². The van der Waals surface area contributed by atoms with Crippen LogP contribution in [-0.2, 0) is 0 Å². The van der Waals surface area contributed by atoms with E-state index >= 15 is 0 Å². The first-order chi connectivity index (χ1) is 5.74. The summed E-state index contributed by atoms with van der Waals surface area (Å²) in [4.78, 5) is 8.12. The fraction of sp³-hybridized carbons (Fsp3) is 0.429. The van der Waals surface area contributed by atoms with Crippen LogP contribution in [-0.4, -0.2) is 28.2 Å². The second-order valence-corrected chi connectivity index (χ2v) is 3.12. The molecule has 0 aliphatic rings. The van der Waals surface area contributed by atoms with Gasteiger partial charge in [-0.05, 0) is 22.9 Å². The number of rotatable bonds is 3. The molecule has 1 rings (SSSR count). The number of hydrogen-bond acceptors (Lipinski definition) is 4. The molecule has 0 bridgehead atoms. The van der Waals surface area contributed by atoms with Gasteiger partial charge < -0.3 is 10.4 Å². The Bertz CT molecular complexity index is 267. The lowest BCUT2D eigenvalue weighted by Crippen LogP contribution is -2.08. The van der Waals surface area contributed by atoms with Crippen molar-refractivity contribution < 1.29 is 5.11 Å². The van der Waals surface area contributed by atoms with Crippen molar-refractivity contribution in [2.75, 3.05) is 18.5 Å². The number of aromatic nitrogens is 2. The quantitative estimate of drug-likeness (QED) is 0.814. The van der Waals surface area contributed by atoms with Crippen LogP contribution in [0, 0.1) is 6.92 Å². The van der Waals surface area contributed by atoms with Crippen LogP contribution in [0.5, 0.6) is 0 Å². The molecule has 2 N–H and O–H groups in total. The summed E-state index contributed by atoms with van der Waals surface area (Å²) in [6.45, 7) is 2.40. The van der Waals surface area contributed by atoms with Crippen LogP contribution in [0.3, 0.4) is 0 Å². The molecule has 0 fully saturated rings. The summed E-state index contributed by atoms with van der Waals surface area (Å²) in [5, 5.41) is 11.5. The minimum absolute atomic E-state index is 0.0927. The number of nitrogens with one attached hydrogen (secondary N) is 1. The fourth-order valence-corrected chi connectivity index (χ4v) is 1.08. The highest BCUT2D eigenvalue weighted by molar-refractivity contribution is 9.10. The first kappa shape index (κ1) is 9.41. The Hall–Kier alpha value is -0.680. The van der Waals surface area contributed by atoms with Gasteiger partial charge in [0.05, 0.1) is 11.1 Å². The van der Waals surface area contributed by atoms with E-state index in [0.29, 0.717) is 12.4 Å². The number of aliphatic hydroxyl groups is 1. The second kappa shape index (κ2) is 4.37. The van der Waals surface area contributed by atoms with Gasteiger partial charge in [0.2, 0.25) is 0 Å². The van der Waals surface area contributed by atoms with Crippen LogP contribution in [0.1, 0.15) is 5.82 Å². The zero-order valence-corrected chi connectivity index (χ0v) is 8.30. The molecule has 1 heterocycles. The van der Waals surface area contributed by atoms with Crippen molar-refractivity contribution in [3.63, 3.8) is 0 Å². The molecule has 0 atom stereocenters. The molecule has 66 valence electrons. The maximum absolute atomic E-state index is 8.57. The molecule has 0 aliphatic heterocycles. The number of aryl methyl sites for hydroxylation is 1. The van der Waals surface area contributed by atoms with E-state index in [9.17, 15) is 0 Å². The molecule has 0 saturated carbocycles. The first-order valence-electron chi connectivity index (χ1n) is 3.58. The summed E-state index contributed by atoms with van der Waals surface area (Å²) >= 11 is 3.29. The molecular formula is C7H10BrN3O. The average Bonchev–Trinajstić information content (AvgIpc) is 2.07. The summed E-state index contributed by atoms with van der Waals surface area (Å²) in [5.74, 6) is 1.43. The largest absolute Gasteiger partial charge is 0.395 e. The molecule has 5 heteroatoms. The fourth-order valence-electron chi connectivity index (χ4n) is 0.754. The van der Waals surface area contributed by atoms with Gasteiger partial charge in [-0.2, -0.15) is 0 Å². The van der Waals surface area contributed by atoms with E-state index in [1.165, 1.54) is 0 Å². The lowest BCUT2D eigenvalue weighted by Gasteiger charge is -2.05. The minimum atomic E-state index is 0.0927. The molecular weight excluding hydrogens is 222 g/mol. The summed E-state index contributed by atoms with van der Waals surface area (Å²) in [6, 6.07) is 0. The highest BCUT2D eigenvalue weighted by Crippen LogP contribution is 2.17. The van der Waals surface area contributed by atoms with Gasteiger partial charge in [0.25, 0.3) is 0 Å². The third kappa shape index (κ3) is 2.42. The maximum Gasteiger partial charge on any atom is 0.144 e. The molecule has 4 nitrogen and oxygen atoms in total. The summed E-state index contributed by atoms with van der Waals surface area (Å²) < 4.78 is 0.807. The summed E-state index contributed by atoms with van der Waals surface area (Å²) in [5.41, 5.74) is 0. The molecule has 1 aromatic rings. The van der Waals surface area contributed by atoms with Crippen molar-refractivity contribution in [1.82, 2.24) is 9.97 Å². The zero-order valence-electron chi connectivity index (χ0n) is 6.71. The Morgan fingerprint density at radius 2 is 2.42 bits per heavy atom. The van der Waals surface area contributed by atoms with E-state index in [4.69, 9.17) is 5.11 Å². The minimum Gasteiger partial charge on any atom is -0.395 e. The van der Waals surface area contributed by atoms with Crippen molar-refractivity contribution in [2.45, 2.75) is 6.92 Å². The van der Waals surface area contributed by atoms with E-state index < -0.39 is 0 Å². The van der Waals surface area contributed by atoms with E-state index in [1.807, 2.05) is 6.92 Å². The average molecular weight is 232 g/mol. The smallest absolute Gasteiger partial charge is 0.144 e. The van der Waals surface area contributed by atoms with Gasteiger partial charge in [-0.15, -0.1) is 0 Å². The first-order valence-corrected chi connectivity index (χ1v) is 4.37. The number of halogens is 1. The van der Waals surface area contributed by atoms with Gasteiger partial charge >= 0.3 is 0 Å².